The predicted molar refractivity (Wildman–Crippen MR) is 78.8 cm³/mol. The summed E-state index contributed by atoms with van der Waals surface area (Å²) in [7, 11) is 0. The van der Waals surface area contributed by atoms with Crippen molar-refractivity contribution >= 4 is 28.8 Å². The zero-order valence-electron chi connectivity index (χ0n) is 10.8. The number of rotatable bonds is 4. The van der Waals surface area contributed by atoms with Crippen molar-refractivity contribution < 1.29 is 4.79 Å². The molecule has 1 amide bonds. The van der Waals surface area contributed by atoms with E-state index in [4.69, 9.17) is 11.6 Å². The van der Waals surface area contributed by atoms with Gasteiger partial charge in [-0.2, -0.15) is 0 Å². The number of hydrogen-bond donors (Lipinski definition) is 1. The van der Waals surface area contributed by atoms with E-state index < -0.39 is 5.54 Å². The van der Waals surface area contributed by atoms with E-state index in [9.17, 15) is 4.79 Å². The highest BCUT2D eigenvalue weighted by Gasteiger charge is 2.28. The number of nitrogens with zero attached hydrogens (tertiary/aromatic N) is 1. The molecule has 0 bridgehead atoms. The fourth-order valence-electron chi connectivity index (χ4n) is 1.82. The second-order valence-electron chi connectivity index (χ2n) is 4.55. The Labute approximate surface area is 121 Å². The number of aromatic nitrogens is 1. The summed E-state index contributed by atoms with van der Waals surface area (Å²) < 4.78 is 0. The van der Waals surface area contributed by atoms with Crippen LogP contribution in [-0.4, -0.2) is 16.8 Å². The molecule has 100 valence electrons. The lowest BCUT2D eigenvalue weighted by atomic mass is 9.94. The lowest BCUT2D eigenvalue weighted by molar-refractivity contribution is 0.0916. The SMILES string of the molecule is Cc1ncsc1C(=O)NC(C)(CCl)c1ccccc1. The van der Waals surface area contributed by atoms with Gasteiger partial charge in [0.25, 0.3) is 5.91 Å². The van der Waals surface area contributed by atoms with Gasteiger partial charge in [0.2, 0.25) is 0 Å². The first kappa shape index (κ1) is 14.0. The van der Waals surface area contributed by atoms with Gasteiger partial charge in [0.15, 0.2) is 0 Å². The van der Waals surface area contributed by atoms with Crippen molar-refractivity contribution in [2.45, 2.75) is 19.4 Å². The van der Waals surface area contributed by atoms with E-state index >= 15 is 0 Å². The van der Waals surface area contributed by atoms with E-state index in [1.165, 1.54) is 11.3 Å². The summed E-state index contributed by atoms with van der Waals surface area (Å²) in [6.07, 6.45) is 0. The van der Waals surface area contributed by atoms with Crippen LogP contribution in [0.2, 0.25) is 0 Å². The average molecular weight is 295 g/mol. The predicted octanol–water partition coefficient (Wildman–Crippen LogP) is 3.34. The van der Waals surface area contributed by atoms with Gasteiger partial charge in [-0.15, -0.1) is 22.9 Å². The largest absolute Gasteiger partial charge is 0.341 e. The van der Waals surface area contributed by atoms with Crippen LogP contribution in [0.25, 0.3) is 0 Å². The molecule has 5 heteroatoms. The van der Waals surface area contributed by atoms with Gasteiger partial charge in [0, 0.05) is 5.88 Å². The first-order valence-electron chi connectivity index (χ1n) is 5.91. The average Bonchev–Trinajstić information content (AvgIpc) is 2.86. The van der Waals surface area contributed by atoms with Crippen molar-refractivity contribution in [1.29, 1.82) is 0 Å². The molecular weight excluding hydrogens is 280 g/mol. The monoisotopic (exact) mass is 294 g/mol. The number of nitrogens with one attached hydrogen (secondary N) is 1. The molecule has 19 heavy (non-hydrogen) atoms. The van der Waals surface area contributed by atoms with E-state index in [-0.39, 0.29) is 5.91 Å². The molecule has 0 aliphatic heterocycles. The van der Waals surface area contributed by atoms with Crippen molar-refractivity contribution in [3.8, 4) is 0 Å². The Bertz CT molecular complexity index is 570. The van der Waals surface area contributed by atoms with E-state index in [1.54, 1.807) is 5.51 Å². The zero-order valence-corrected chi connectivity index (χ0v) is 12.4. The first-order valence-corrected chi connectivity index (χ1v) is 7.32. The van der Waals surface area contributed by atoms with Crippen molar-refractivity contribution in [3.05, 3.63) is 52.0 Å². The molecule has 1 aromatic heterocycles. The summed E-state index contributed by atoms with van der Waals surface area (Å²) in [5.74, 6) is 0.174. The third kappa shape index (κ3) is 2.96. The van der Waals surface area contributed by atoms with Gasteiger partial charge in [-0.3, -0.25) is 4.79 Å². The molecule has 0 aliphatic rings. The normalized spacial score (nSPS) is 13.8. The van der Waals surface area contributed by atoms with Crippen LogP contribution in [0.5, 0.6) is 0 Å². The molecule has 2 aromatic rings. The van der Waals surface area contributed by atoms with Gasteiger partial charge < -0.3 is 5.32 Å². The Balaban J connectivity index is 2.25. The number of aryl methyl sites for hydroxylation is 1. The molecule has 1 aromatic carbocycles. The van der Waals surface area contributed by atoms with E-state index in [2.05, 4.69) is 10.3 Å². The third-order valence-corrected chi connectivity index (χ3v) is 4.48. The maximum Gasteiger partial charge on any atom is 0.264 e. The fraction of sp³-hybridized carbons (Fsp3) is 0.286. The molecule has 0 saturated carbocycles. The standard InChI is InChI=1S/C14H15ClN2OS/c1-10-12(19-9-16-10)13(18)17-14(2,8-15)11-6-4-3-5-7-11/h3-7,9H,8H2,1-2H3,(H,17,18). The Morgan fingerprint density at radius 3 is 2.63 bits per heavy atom. The highest BCUT2D eigenvalue weighted by atomic mass is 35.5. The van der Waals surface area contributed by atoms with Crippen LogP contribution in [0.4, 0.5) is 0 Å². The number of hydrogen-bond acceptors (Lipinski definition) is 3. The maximum atomic E-state index is 12.3. The second kappa shape index (κ2) is 5.72. The van der Waals surface area contributed by atoms with Gasteiger partial charge in [0.1, 0.15) is 4.88 Å². The Morgan fingerprint density at radius 2 is 2.11 bits per heavy atom. The summed E-state index contributed by atoms with van der Waals surface area (Å²) in [5.41, 5.74) is 2.81. The summed E-state index contributed by atoms with van der Waals surface area (Å²) in [5, 5.41) is 3.00. The number of amides is 1. The minimum Gasteiger partial charge on any atom is -0.341 e. The molecule has 0 fully saturated rings. The minimum absolute atomic E-state index is 0.132. The third-order valence-electron chi connectivity index (χ3n) is 3.02. The van der Waals surface area contributed by atoms with Gasteiger partial charge in [-0.1, -0.05) is 30.3 Å². The van der Waals surface area contributed by atoms with Gasteiger partial charge in [0.05, 0.1) is 16.7 Å². The maximum absolute atomic E-state index is 12.3. The Kier molecular flexibility index (Phi) is 4.22. The summed E-state index contributed by atoms with van der Waals surface area (Å²) in [4.78, 5) is 17.0. The van der Waals surface area contributed by atoms with E-state index in [0.717, 1.165) is 11.3 Å². The van der Waals surface area contributed by atoms with Crippen LogP contribution >= 0.6 is 22.9 Å². The lowest BCUT2D eigenvalue weighted by Gasteiger charge is -2.29. The molecule has 2 rings (SSSR count). The molecule has 1 N–H and O–H groups in total. The van der Waals surface area contributed by atoms with Crippen molar-refractivity contribution in [1.82, 2.24) is 10.3 Å². The van der Waals surface area contributed by atoms with Gasteiger partial charge in [-0.05, 0) is 19.4 Å². The molecule has 0 spiro atoms. The molecule has 1 unspecified atom stereocenters. The van der Waals surface area contributed by atoms with Crippen LogP contribution < -0.4 is 5.32 Å². The number of thiazole rings is 1. The highest BCUT2D eigenvalue weighted by molar-refractivity contribution is 7.11. The lowest BCUT2D eigenvalue weighted by Crippen LogP contribution is -2.45. The first-order chi connectivity index (χ1) is 9.07. The molecule has 0 aliphatic carbocycles. The van der Waals surface area contributed by atoms with Crippen molar-refractivity contribution in [2.24, 2.45) is 0 Å². The summed E-state index contributed by atoms with van der Waals surface area (Å²) in [6.45, 7) is 3.75. The van der Waals surface area contributed by atoms with Crippen molar-refractivity contribution in [2.75, 3.05) is 5.88 Å². The molecule has 0 saturated heterocycles. The molecule has 1 atom stereocenters. The second-order valence-corrected chi connectivity index (χ2v) is 5.67. The zero-order chi connectivity index (χ0) is 13.9. The number of carbonyl (C=O) groups excluding carboxylic acids is 1. The number of alkyl halides is 1. The fourth-order valence-corrected chi connectivity index (χ4v) is 2.73. The van der Waals surface area contributed by atoms with Crippen LogP contribution in [0.3, 0.4) is 0 Å². The van der Waals surface area contributed by atoms with E-state index in [1.807, 2.05) is 44.2 Å². The minimum atomic E-state index is -0.587. The highest BCUT2D eigenvalue weighted by Crippen LogP contribution is 2.23. The van der Waals surface area contributed by atoms with E-state index in [0.29, 0.717) is 10.8 Å². The molecular formula is C14H15ClN2OS. The topological polar surface area (TPSA) is 42.0 Å². The Hall–Kier alpha value is -1.39. The van der Waals surface area contributed by atoms with Crippen molar-refractivity contribution in [3.63, 3.8) is 0 Å². The van der Waals surface area contributed by atoms with Gasteiger partial charge >= 0.3 is 0 Å². The molecule has 1 heterocycles. The number of carbonyl (C=O) groups is 1. The quantitative estimate of drug-likeness (QED) is 0.879. The number of benzene rings is 1. The smallest absolute Gasteiger partial charge is 0.264 e. The van der Waals surface area contributed by atoms with Crippen LogP contribution in [0.1, 0.15) is 27.9 Å². The van der Waals surface area contributed by atoms with Crippen LogP contribution in [0.15, 0.2) is 35.8 Å². The van der Waals surface area contributed by atoms with Gasteiger partial charge in [-0.25, -0.2) is 4.98 Å². The summed E-state index contributed by atoms with van der Waals surface area (Å²) in [6, 6.07) is 9.73. The van der Waals surface area contributed by atoms with Crippen LogP contribution in [0, 0.1) is 6.92 Å². The molecule has 3 nitrogen and oxygen atoms in total. The number of halogens is 1. The van der Waals surface area contributed by atoms with Crippen LogP contribution in [-0.2, 0) is 5.54 Å². The summed E-state index contributed by atoms with van der Waals surface area (Å²) >= 11 is 7.40. The Morgan fingerprint density at radius 1 is 1.42 bits per heavy atom. The molecule has 0 radical (unpaired) electrons.